The molecule has 1 aliphatic rings. The molecule has 0 aliphatic heterocycles. The van der Waals surface area contributed by atoms with E-state index in [-0.39, 0.29) is 0 Å². The highest BCUT2D eigenvalue weighted by atomic mass is 32.1. The summed E-state index contributed by atoms with van der Waals surface area (Å²) in [6, 6.07) is 8.22. The van der Waals surface area contributed by atoms with Gasteiger partial charge in [0.1, 0.15) is 5.75 Å². The first kappa shape index (κ1) is 12.5. The molecule has 1 atom stereocenters. The highest BCUT2D eigenvalue weighted by Crippen LogP contribution is 2.43. The van der Waals surface area contributed by atoms with Gasteiger partial charge in [-0.25, -0.2) is 0 Å². The Labute approximate surface area is 118 Å². The van der Waals surface area contributed by atoms with E-state index < -0.39 is 0 Å². The molecule has 0 spiro atoms. The van der Waals surface area contributed by atoms with Gasteiger partial charge < -0.3 is 10.5 Å². The van der Waals surface area contributed by atoms with E-state index in [1.807, 2.05) is 12.1 Å². The van der Waals surface area contributed by atoms with Crippen LogP contribution in [0.3, 0.4) is 0 Å². The summed E-state index contributed by atoms with van der Waals surface area (Å²) in [5.74, 6) is 1.68. The number of benzene rings is 1. The number of rotatable bonds is 2. The van der Waals surface area contributed by atoms with Crippen LogP contribution in [0.4, 0.5) is 5.00 Å². The van der Waals surface area contributed by atoms with Crippen molar-refractivity contribution in [2.75, 3.05) is 12.8 Å². The Bertz CT molecular complexity index is 586. The lowest BCUT2D eigenvalue weighted by Gasteiger charge is -2.19. The average Bonchev–Trinajstić information content (AvgIpc) is 2.74. The van der Waals surface area contributed by atoms with Crippen LogP contribution in [0, 0.1) is 5.92 Å². The Morgan fingerprint density at radius 1 is 1.26 bits per heavy atom. The third kappa shape index (κ3) is 2.23. The molecule has 0 radical (unpaired) electrons. The topological polar surface area (TPSA) is 35.2 Å². The number of ether oxygens (including phenoxy) is 1. The van der Waals surface area contributed by atoms with Crippen molar-refractivity contribution in [1.29, 1.82) is 0 Å². The fraction of sp³-hybridized carbons (Fsp3) is 0.375. The van der Waals surface area contributed by atoms with E-state index in [1.165, 1.54) is 34.4 Å². The first-order valence-electron chi connectivity index (χ1n) is 6.73. The normalized spacial score (nSPS) is 18.1. The van der Waals surface area contributed by atoms with Gasteiger partial charge in [0.05, 0.1) is 12.1 Å². The molecule has 2 N–H and O–H groups in total. The molecule has 0 saturated heterocycles. The molecule has 1 aromatic carbocycles. The van der Waals surface area contributed by atoms with Crippen LogP contribution in [0.2, 0.25) is 0 Å². The minimum atomic E-state index is 0.786. The molecule has 1 unspecified atom stereocenters. The number of thiophene rings is 1. The molecule has 0 fully saturated rings. The summed E-state index contributed by atoms with van der Waals surface area (Å²) in [4.78, 5) is 1.49. The minimum Gasteiger partial charge on any atom is -0.497 e. The van der Waals surface area contributed by atoms with Gasteiger partial charge in [-0.2, -0.15) is 0 Å². The molecule has 1 heterocycles. The van der Waals surface area contributed by atoms with E-state index >= 15 is 0 Å². The zero-order valence-corrected chi connectivity index (χ0v) is 12.2. The van der Waals surface area contributed by atoms with Gasteiger partial charge in [-0.15, -0.1) is 11.3 Å². The van der Waals surface area contributed by atoms with Gasteiger partial charge in [0.25, 0.3) is 0 Å². The molecule has 100 valence electrons. The lowest BCUT2D eigenvalue weighted by molar-refractivity contribution is 0.415. The third-order valence-electron chi connectivity index (χ3n) is 3.92. The van der Waals surface area contributed by atoms with Gasteiger partial charge in [-0.05, 0) is 48.4 Å². The van der Waals surface area contributed by atoms with Crippen LogP contribution >= 0.6 is 11.3 Å². The maximum atomic E-state index is 6.26. The number of hydrogen-bond acceptors (Lipinski definition) is 3. The Balaban J connectivity index is 2.04. The molecule has 2 nitrogen and oxygen atoms in total. The number of methoxy groups -OCH3 is 1. The van der Waals surface area contributed by atoms with Crippen molar-refractivity contribution in [3.63, 3.8) is 0 Å². The Kier molecular flexibility index (Phi) is 3.23. The quantitative estimate of drug-likeness (QED) is 0.893. The maximum Gasteiger partial charge on any atom is 0.118 e. The van der Waals surface area contributed by atoms with E-state index in [0.29, 0.717) is 0 Å². The summed E-state index contributed by atoms with van der Waals surface area (Å²) >= 11 is 1.77. The van der Waals surface area contributed by atoms with Crippen molar-refractivity contribution in [3.8, 4) is 16.9 Å². The number of anilines is 1. The number of hydrogen-bond donors (Lipinski definition) is 1. The monoisotopic (exact) mass is 273 g/mol. The summed E-state index contributed by atoms with van der Waals surface area (Å²) < 4.78 is 5.21. The number of nitrogens with two attached hydrogens (primary N) is 1. The molecule has 1 aliphatic carbocycles. The summed E-state index contributed by atoms with van der Waals surface area (Å²) in [7, 11) is 1.69. The molecule has 2 aromatic rings. The molecule has 19 heavy (non-hydrogen) atoms. The zero-order chi connectivity index (χ0) is 13.4. The lowest BCUT2D eigenvalue weighted by atomic mass is 9.87. The summed E-state index contributed by atoms with van der Waals surface area (Å²) in [5.41, 5.74) is 10.2. The van der Waals surface area contributed by atoms with Crippen molar-refractivity contribution >= 4 is 16.3 Å². The largest absolute Gasteiger partial charge is 0.497 e. The average molecular weight is 273 g/mol. The Morgan fingerprint density at radius 2 is 2.00 bits per heavy atom. The first-order valence-corrected chi connectivity index (χ1v) is 7.55. The van der Waals surface area contributed by atoms with Crippen molar-refractivity contribution < 1.29 is 4.74 Å². The fourth-order valence-corrected chi connectivity index (χ4v) is 4.15. The van der Waals surface area contributed by atoms with Crippen LogP contribution in [0.15, 0.2) is 24.3 Å². The number of fused-ring (bicyclic) bond motifs is 1. The van der Waals surface area contributed by atoms with Crippen LogP contribution in [0.1, 0.15) is 23.8 Å². The van der Waals surface area contributed by atoms with Crippen LogP contribution in [0.25, 0.3) is 11.1 Å². The summed E-state index contributed by atoms with van der Waals surface area (Å²) in [6.45, 7) is 2.33. The van der Waals surface area contributed by atoms with E-state index in [0.717, 1.165) is 23.1 Å². The van der Waals surface area contributed by atoms with Gasteiger partial charge in [0.2, 0.25) is 0 Å². The molecular weight excluding hydrogens is 254 g/mol. The first-order chi connectivity index (χ1) is 9.19. The molecule has 0 amide bonds. The SMILES string of the molecule is COc1ccc(-c2c(N)sc3c2CCC(C)C3)cc1. The maximum absolute atomic E-state index is 6.26. The minimum absolute atomic E-state index is 0.786. The Hall–Kier alpha value is -1.48. The zero-order valence-electron chi connectivity index (χ0n) is 11.4. The highest BCUT2D eigenvalue weighted by molar-refractivity contribution is 7.16. The van der Waals surface area contributed by atoms with Crippen LogP contribution in [-0.4, -0.2) is 7.11 Å². The van der Waals surface area contributed by atoms with Gasteiger partial charge in [-0.3, -0.25) is 0 Å². The molecule has 3 heteroatoms. The van der Waals surface area contributed by atoms with E-state index in [1.54, 1.807) is 18.4 Å². The van der Waals surface area contributed by atoms with Crippen molar-refractivity contribution in [1.82, 2.24) is 0 Å². The summed E-state index contributed by atoms with van der Waals surface area (Å²) in [6.07, 6.45) is 3.61. The van der Waals surface area contributed by atoms with Crippen LogP contribution in [0.5, 0.6) is 5.75 Å². The molecule has 0 saturated carbocycles. The molecule has 0 bridgehead atoms. The molecular formula is C16H19NOS. The van der Waals surface area contributed by atoms with E-state index in [9.17, 15) is 0 Å². The van der Waals surface area contributed by atoms with Crippen LogP contribution in [-0.2, 0) is 12.8 Å². The fourth-order valence-electron chi connectivity index (χ4n) is 2.85. The van der Waals surface area contributed by atoms with Gasteiger partial charge in [0.15, 0.2) is 0 Å². The highest BCUT2D eigenvalue weighted by Gasteiger charge is 2.23. The number of nitrogen functional groups attached to an aromatic ring is 1. The predicted octanol–water partition coefficient (Wildman–Crippen LogP) is 4.13. The van der Waals surface area contributed by atoms with Gasteiger partial charge in [-0.1, -0.05) is 19.1 Å². The van der Waals surface area contributed by atoms with Crippen molar-refractivity contribution in [2.24, 2.45) is 5.92 Å². The van der Waals surface area contributed by atoms with E-state index in [2.05, 4.69) is 19.1 Å². The standard InChI is InChI=1S/C16H19NOS/c1-10-3-8-13-14(9-10)19-16(17)15(13)11-4-6-12(18-2)7-5-11/h4-7,10H,3,8-9,17H2,1-2H3. The van der Waals surface area contributed by atoms with Crippen molar-refractivity contribution in [3.05, 3.63) is 34.7 Å². The van der Waals surface area contributed by atoms with E-state index in [4.69, 9.17) is 10.5 Å². The smallest absolute Gasteiger partial charge is 0.118 e. The van der Waals surface area contributed by atoms with Crippen LogP contribution < -0.4 is 10.5 Å². The predicted molar refractivity (Wildman–Crippen MR) is 81.9 cm³/mol. The van der Waals surface area contributed by atoms with Gasteiger partial charge in [0, 0.05) is 10.4 Å². The van der Waals surface area contributed by atoms with Crippen molar-refractivity contribution in [2.45, 2.75) is 26.2 Å². The molecule has 1 aromatic heterocycles. The van der Waals surface area contributed by atoms with Gasteiger partial charge >= 0.3 is 0 Å². The lowest BCUT2D eigenvalue weighted by Crippen LogP contribution is -2.09. The summed E-state index contributed by atoms with van der Waals surface area (Å²) in [5, 5.41) is 0.962. The third-order valence-corrected chi connectivity index (χ3v) is 5.00. The second kappa shape index (κ2) is 4.89. The Morgan fingerprint density at radius 3 is 2.68 bits per heavy atom. The second-order valence-corrected chi connectivity index (χ2v) is 6.46. The molecule has 3 rings (SSSR count). The second-order valence-electron chi connectivity index (χ2n) is 5.32.